The first-order valence-electron chi connectivity index (χ1n) is 8.65. The number of amides is 1. The van der Waals surface area contributed by atoms with Crippen LogP contribution in [-0.2, 0) is 21.1 Å². The van der Waals surface area contributed by atoms with Crippen molar-refractivity contribution >= 4 is 27.1 Å². The van der Waals surface area contributed by atoms with Crippen LogP contribution >= 0.6 is 0 Å². The molecule has 2 aromatic rings. The quantitative estimate of drug-likeness (QED) is 0.579. The normalized spacial score (nSPS) is 13.9. The number of carbonyl (C=O) groups is 1. The van der Waals surface area contributed by atoms with Gasteiger partial charge < -0.3 is 4.90 Å². The number of benzene rings is 2. The Balaban J connectivity index is 1.77. The van der Waals surface area contributed by atoms with Gasteiger partial charge in [0.1, 0.15) is 0 Å². The van der Waals surface area contributed by atoms with Gasteiger partial charge in [-0.1, -0.05) is 23.8 Å². The van der Waals surface area contributed by atoms with Crippen molar-refractivity contribution in [3.05, 3.63) is 63.7 Å². The molecule has 0 bridgehead atoms. The van der Waals surface area contributed by atoms with E-state index >= 15 is 0 Å². The maximum Gasteiger partial charge on any atom is 0.271 e. The second kappa shape index (κ2) is 7.48. The predicted octanol–water partition coefficient (Wildman–Crippen LogP) is 3.05. The molecule has 0 aliphatic carbocycles. The third-order valence-electron chi connectivity index (χ3n) is 4.66. The minimum atomic E-state index is -3.57. The average molecular weight is 388 g/mol. The molecule has 8 heteroatoms. The van der Waals surface area contributed by atoms with Crippen molar-refractivity contribution < 1.29 is 18.1 Å². The van der Waals surface area contributed by atoms with Crippen LogP contribution in [0.3, 0.4) is 0 Å². The Bertz CT molecular complexity index is 984. The maximum absolute atomic E-state index is 12.7. The van der Waals surface area contributed by atoms with Gasteiger partial charge in [0.15, 0.2) is 9.84 Å². The highest BCUT2D eigenvalue weighted by Crippen LogP contribution is 2.31. The van der Waals surface area contributed by atoms with Crippen LogP contribution in [0.2, 0.25) is 0 Å². The molecule has 1 heterocycles. The summed E-state index contributed by atoms with van der Waals surface area (Å²) in [6.07, 6.45) is 1.30. The van der Waals surface area contributed by atoms with Gasteiger partial charge >= 0.3 is 0 Å². The molecule has 0 spiro atoms. The molecule has 0 radical (unpaired) electrons. The number of nitrogens with zero attached hydrogens (tertiary/aromatic N) is 2. The van der Waals surface area contributed by atoms with Crippen LogP contribution in [0.25, 0.3) is 0 Å². The van der Waals surface area contributed by atoms with Crippen LogP contribution in [0.5, 0.6) is 0 Å². The molecule has 3 rings (SSSR count). The van der Waals surface area contributed by atoms with Crippen LogP contribution < -0.4 is 4.90 Å². The second-order valence-electron chi connectivity index (χ2n) is 6.60. The number of carbonyl (C=O) groups excluding carboxylic acids is 1. The lowest BCUT2D eigenvalue weighted by atomic mass is 10.0. The van der Waals surface area contributed by atoms with Gasteiger partial charge in [0.2, 0.25) is 5.91 Å². The van der Waals surface area contributed by atoms with Crippen LogP contribution in [-0.4, -0.2) is 31.5 Å². The summed E-state index contributed by atoms with van der Waals surface area (Å²) >= 11 is 0. The number of nitro benzene ring substituents is 1. The molecule has 0 saturated heterocycles. The van der Waals surface area contributed by atoms with E-state index < -0.39 is 14.8 Å². The molecular formula is C19H20N2O5S. The third-order valence-corrected chi connectivity index (χ3v) is 6.40. The van der Waals surface area contributed by atoms with Crippen molar-refractivity contribution in [1.29, 1.82) is 0 Å². The van der Waals surface area contributed by atoms with Gasteiger partial charge in [-0.05, 0) is 37.5 Å². The largest absolute Gasteiger partial charge is 0.312 e. The Morgan fingerprint density at radius 3 is 2.56 bits per heavy atom. The van der Waals surface area contributed by atoms with Crippen molar-refractivity contribution in [2.75, 3.05) is 17.2 Å². The SMILES string of the molecule is Cc1ccc(S(=O)(=O)CCC(=O)N2CCCc3ccc([N+](=O)[O-])cc32)cc1. The van der Waals surface area contributed by atoms with Gasteiger partial charge in [0, 0.05) is 25.1 Å². The van der Waals surface area contributed by atoms with E-state index in [1.54, 1.807) is 18.2 Å². The first-order valence-corrected chi connectivity index (χ1v) is 10.3. The van der Waals surface area contributed by atoms with E-state index in [9.17, 15) is 23.3 Å². The smallest absolute Gasteiger partial charge is 0.271 e. The zero-order valence-corrected chi connectivity index (χ0v) is 15.7. The lowest BCUT2D eigenvalue weighted by Gasteiger charge is -2.29. The van der Waals surface area contributed by atoms with Gasteiger partial charge in [-0.15, -0.1) is 0 Å². The number of anilines is 1. The minimum Gasteiger partial charge on any atom is -0.312 e. The topological polar surface area (TPSA) is 97.6 Å². The summed E-state index contributed by atoms with van der Waals surface area (Å²) in [5.41, 5.74) is 2.24. The van der Waals surface area contributed by atoms with Gasteiger partial charge in [0.25, 0.3) is 5.69 Å². The Hall–Kier alpha value is -2.74. The van der Waals surface area contributed by atoms with Crippen molar-refractivity contribution in [3.63, 3.8) is 0 Å². The van der Waals surface area contributed by atoms with E-state index in [4.69, 9.17) is 0 Å². The monoisotopic (exact) mass is 388 g/mol. The highest BCUT2D eigenvalue weighted by Gasteiger charge is 2.26. The summed E-state index contributed by atoms with van der Waals surface area (Å²) in [5.74, 6) is -0.637. The second-order valence-corrected chi connectivity index (χ2v) is 8.71. The number of hydrogen-bond donors (Lipinski definition) is 0. The Morgan fingerprint density at radius 2 is 1.89 bits per heavy atom. The highest BCUT2D eigenvalue weighted by atomic mass is 32.2. The van der Waals surface area contributed by atoms with Crippen molar-refractivity contribution in [2.45, 2.75) is 31.1 Å². The van der Waals surface area contributed by atoms with E-state index in [0.29, 0.717) is 12.2 Å². The summed E-state index contributed by atoms with van der Waals surface area (Å²) < 4.78 is 24.9. The van der Waals surface area contributed by atoms with Crippen molar-refractivity contribution in [1.82, 2.24) is 0 Å². The van der Waals surface area contributed by atoms with Crippen LogP contribution in [0.1, 0.15) is 24.0 Å². The standard InChI is InChI=1S/C19H20N2O5S/c1-14-4-8-17(9-5-14)27(25,26)12-10-19(22)20-11-2-3-15-6-7-16(21(23)24)13-18(15)20/h4-9,13H,2-3,10-12H2,1H3. The summed E-state index contributed by atoms with van der Waals surface area (Å²) in [6, 6.07) is 11.0. The van der Waals surface area contributed by atoms with Gasteiger partial charge in [-0.3, -0.25) is 14.9 Å². The number of hydrogen-bond acceptors (Lipinski definition) is 5. The van der Waals surface area contributed by atoms with E-state index in [1.165, 1.54) is 29.2 Å². The van der Waals surface area contributed by atoms with E-state index in [1.807, 2.05) is 6.92 Å². The molecule has 0 saturated carbocycles. The third kappa shape index (κ3) is 4.16. The molecule has 0 atom stereocenters. The predicted molar refractivity (Wildman–Crippen MR) is 102 cm³/mol. The van der Waals surface area contributed by atoms with Gasteiger partial charge in [0.05, 0.1) is 21.3 Å². The fourth-order valence-electron chi connectivity index (χ4n) is 3.16. The van der Waals surface area contributed by atoms with E-state index in [-0.39, 0.29) is 28.7 Å². The van der Waals surface area contributed by atoms with Gasteiger partial charge in [-0.25, -0.2) is 8.42 Å². The highest BCUT2D eigenvalue weighted by molar-refractivity contribution is 7.91. The van der Waals surface area contributed by atoms with Crippen molar-refractivity contribution in [3.8, 4) is 0 Å². The summed E-state index contributed by atoms with van der Waals surface area (Å²) in [5, 5.41) is 11.0. The number of sulfone groups is 1. The number of rotatable bonds is 5. The Kier molecular flexibility index (Phi) is 5.27. The number of aryl methyl sites for hydroxylation is 2. The molecule has 27 heavy (non-hydrogen) atoms. The van der Waals surface area contributed by atoms with E-state index in [2.05, 4.69) is 0 Å². The Morgan fingerprint density at radius 1 is 1.19 bits per heavy atom. The van der Waals surface area contributed by atoms with E-state index in [0.717, 1.165) is 24.0 Å². The van der Waals surface area contributed by atoms with Crippen molar-refractivity contribution in [2.24, 2.45) is 0 Å². The molecule has 0 aromatic heterocycles. The summed E-state index contributed by atoms with van der Waals surface area (Å²) in [4.78, 5) is 24.8. The molecule has 0 fully saturated rings. The maximum atomic E-state index is 12.7. The molecule has 1 aliphatic rings. The Labute approximate surface area is 157 Å². The first kappa shape index (κ1) is 19.0. The average Bonchev–Trinajstić information content (AvgIpc) is 2.65. The van der Waals surface area contributed by atoms with Crippen LogP contribution in [0.15, 0.2) is 47.4 Å². The summed E-state index contributed by atoms with van der Waals surface area (Å²) in [7, 11) is -3.57. The fraction of sp³-hybridized carbons (Fsp3) is 0.316. The lowest BCUT2D eigenvalue weighted by Crippen LogP contribution is -2.36. The fourth-order valence-corrected chi connectivity index (χ4v) is 4.39. The molecule has 7 nitrogen and oxygen atoms in total. The molecule has 142 valence electrons. The molecule has 0 N–H and O–H groups in total. The zero-order valence-electron chi connectivity index (χ0n) is 14.9. The first-order chi connectivity index (χ1) is 12.8. The number of fused-ring (bicyclic) bond motifs is 1. The minimum absolute atomic E-state index is 0.0827. The molecule has 1 aliphatic heterocycles. The molecule has 0 unspecified atom stereocenters. The molecule has 2 aromatic carbocycles. The van der Waals surface area contributed by atoms with Crippen LogP contribution in [0, 0.1) is 17.0 Å². The number of non-ortho nitro benzene ring substituents is 1. The molecular weight excluding hydrogens is 368 g/mol. The zero-order chi connectivity index (χ0) is 19.6. The molecule has 1 amide bonds. The lowest BCUT2D eigenvalue weighted by molar-refractivity contribution is -0.384. The summed E-state index contributed by atoms with van der Waals surface area (Å²) in [6.45, 7) is 2.30. The van der Waals surface area contributed by atoms with Crippen LogP contribution in [0.4, 0.5) is 11.4 Å². The number of nitro groups is 1. The van der Waals surface area contributed by atoms with Gasteiger partial charge in [-0.2, -0.15) is 0 Å².